The molecule has 1 unspecified atom stereocenters. The Hall–Kier alpha value is -1.32. The van der Waals surface area contributed by atoms with Gasteiger partial charge in [0.1, 0.15) is 17.7 Å². The summed E-state index contributed by atoms with van der Waals surface area (Å²) < 4.78 is 0. The van der Waals surface area contributed by atoms with Crippen LogP contribution in [0.25, 0.3) is 0 Å². The van der Waals surface area contributed by atoms with E-state index in [1.807, 2.05) is 0 Å². The summed E-state index contributed by atoms with van der Waals surface area (Å²) in [5.74, 6) is 0. The Morgan fingerprint density at radius 2 is 1.91 bits per heavy atom. The number of aliphatic hydroxyl groups excluding tert-OH is 1. The lowest BCUT2D eigenvalue weighted by Crippen LogP contribution is -2.00. The third kappa shape index (κ3) is 3.40. The van der Waals surface area contributed by atoms with Crippen LogP contribution in [0.15, 0.2) is 11.1 Å². The monoisotopic (exact) mass is 150 g/mol. The van der Waals surface area contributed by atoms with Gasteiger partial charge in [-0.3, -0.25) is 0 Å². The van der Waals surface area contributed by atoms with Gasteiger partial charge in [-0.2, -0.15) is 10.5 Å². The smallest absolute Gasteiger partial charge is 0.128 e. The zero-order chi connectivity index (χ0) is 8.85. The molecule has 0 aliphatic carbocycles. The highest BCUT2D eigenvalue weighted by Crippen LogP contribution is 2.08. The van der Waals surface area contributed by atoms with Crippen LogP contribution >= 0.6 is 0 Å². The maximum absolute atomic E-state index is 8.91. The molecule has 0 amide bonds. The van der Waals surface area contributed by atoms with E-state index >= 15 is 0 Å². The van der Waals surface area contributed by atoms with Crippen molar-refractivity contribution >= 4 is 0 Å². The maximum atomic E-state index is 8.91. The van der Waals surface area contributed by atoms with Crippen molar-refractivity contribution < 1.29 is 5.11 Å². The van der Waals surface area contributed by atoms with Crippen molar-refractivity contribution in [2.45, 2.75) is 26.4 Å². The number of hydrogen-bond acceptors (Lipinski definition) is 3. The molecular formula is C8H10N2O. The van der Waals surface area contributed by atoms with Gasteiger partial charge in [0.25, 0.3) is 0 Å². The first-order chi connectivity index (χ1) is 5.11. The van der Waals surface area contributed by atoms with E-state index in [1.165, 1.54) is 0 Å². The molecule has 0 rings (SSSR count). The van der Waals surface area contributed by atoms with Crippen LogP contribution in [0, 0.1) is 22.7 Å². The summed E-state index contributed by atoms with van der Waals surface area (Å²) in [7, 11) is 0. The van der Waals surface area contributed by atoms with Crippen LogP contribution < -0.4 is 0 Å². The number of nitriles is 2. The molecule has 1 N–H and O–H groups in total. The topological polar surface area (TPSA) is 67.8 Å². The molecule has 0 aliphatic rings. The standard InChI is InChI=1S/C8H10N2O/c1-6(3-7(2)11)8(4-9)5-10/h7,11H,3H2,1-2H3. The molecule has 0 aromatic heterocycles. The quantitative estimate of drug-likeness (QED) is 0.600. The number of hydrogen-bond donors (Lipinski definition) is 1. The third-order valence-corrected chi connectivity index (χ3v) is 1.25. The molecule has 0 aromatic rings. The van der Waals surface area contributed by atoms with Gasteiger partial charge in [0, 0.05) is 0 Å². The van der Waals surface area contributed by atoms with Crippen molar-refractivity contribution in [2.75, 3.05) is 0 Å². The van der Waals surface area contributed by atoms with Crippen molar-refractivity contribution in [3.05, 3.63) is 11.1 Å². The number of allylic oxidation sites excluding steroid dienone is 1. The fourth-order valence-corrected chi connectivity index (χ4v) is 0.761. The van der Waals surface area contributed by atoms with Gasteiger partial charge < -0.3 is 5.11 Å². The van der Waals surface area contributed by atoms with Crippen LogP contribution in [-0.4, -0.2) is 11.2 Å². The second kappa shape index (κ2) is 4.49. The van der Waals surface area contributed by atoms with Crippen LogP contribution in [0.4, 0.5) is 0 Å². The molecule has 0 fully saturated rings. The molecule has 11 heavy (non-hydrogen) atoms. The average Bonchev–Trinajstić information content (AvgIpc) is 1.88. The summed E-state index contributed by atoms with van der Waals surface area (Å²) in [5, 5.41) is 25.7. The van der Waals surface area contributed by atoms with Crippen molar-refractivity contribution in [1.82, 2.24) is 0 Å². The number of nitrogens with zero attached hydrogens (tertiary/aromatic N) is 2. The molecule has 3 nitrogen and oxygen atoms in total. The first kappa shape index (κ1) is 9.68. The van der Waals surface area contributed by atoms with Gasteiger partial charge in [-0.1, -0.05) is 0 Å². The zero-order valence-corrected chi connectivity index (χ0v) is 6.63. The molecule has 1 atom stereocenters. The van der Waals surface area contributed by atoms with E-state index < -0.39 is 6.10 Å². The maximum Gasteiger partial charge on any atom is 0.128 e. The highest BCUT2D eigenvalue weighted by molar-refractivity contribution is 5.39. The summed E-state index contributed by atoms with van der Waals surface area (Å²) in [4.78, 5) is 0. The van der Waals surface area contributed by atoms with E-state index in [1.54, 1.807) is 26.0 Å². The fraction of sp³-hybridized carbons (Fsp3) is 0.500. The molecule has 0 radical (unpaired) electrons. The van der Waals surface area contributed by atoms with E-state index in [0.29, 0.717) is 12.0 Å². The summed E-state index contributed by atoms with van der Waals surface area (Å²) in [6.45, 7) is 3.30. The van der Waals surface area contributed by atoms with Gasteiger partial charge in [0.15, 0.2) is 0 Å². The summed E-state index contributed by atoms with van der Waals surface area (Å²) in [5.41, 5.74) is 0.746. The molecule has 0 aromatic carbocycles. The minimum atomic E-state index is -0.494. The predicted molar refractivity (Wildman–Crippen MR) is 40.2 cm³/mol. The van der Waals surface area contributed by atoms with Crippen LogP contribution in [0.3, 0.4) is 0 Å². The van der Waals surface area contributed by atoms with Crippen LogP contribution in [0.1, 0.15) is 20.3 Å². The molecule has 0 bridgehead atoms. The fourth-order valence-electron chi connectivity index (χ4n) is 0.761. The summed E-state index contributed by atoms with van der Waals surface area (Å²) in [6, 6.07) is 3.53. The molecule has 3 heteroatoms. The molecular weight excluding hydrogens is 140 g/mol. The number of rotatable bonds is 2. The highest BCUT2D eigenvalue weighted by Gasteiger charge is 2.03. The van der Waals surface area contributed by atoms with Crippen LogP contribution in [0.2, 0.25) is 0 Å². The first-order valence-electron chi connectivity index (χ1n) is 3.29. The SMILES string of the molecule is CC(CC(C)O)=C(C#N)C#N. The van der Waals surface area contributed by atoms with E-state index in [-0.39, 0.29) is 5.57 Å². The third-order valence-electron chi connectivity index (χ3n) is 1.25. The van der Waals surface area contributed by atoms with Gasteiger partial charge in [0.05, 0.1) is 6.10 Å². The zero-order valence-electron chi connectivity index (χ0n) is 6.63. The lowest BCUT2D eigenvalue weighted by Gasteiger charge is -2.02. The van der Waals surface area contributed by atoms with Gasteiger partial charge in [-0.15, -0.1) is 0 Å². The van der Waals surface area contributed by atoms with Crippen LogP contribution in [-0.2, 0) is 0 Å². The van der Waals surface area contributed by atoms with Crippen LogP contribution in [0.5, 0.6) is 0 Å². The van der Waals surface area contributed by atoms with E-state index in [4.69, 9.17) is 15.6 Å². The second-order valence-corrected chi connectivity index (χ2v) is 2.43. The molecule has 0 saturated heterocycles. The van der Waals surface area contributed by atoms with Crippen molar-refractivity contribution in [3.8, 4) is 12.1 Å². The average molecular weight is 150 g/mol. The van der Waals surface area contributed by atoms with E-state index in [9.17, 15) is 0 Å². The predicted octanol–water partition coefficient (Wildman–Crippen LogP) is 1.12. The first-order valence-corrected chi connectivity index (χ1v) is 3.29. The minimum Gasteiger partial charge on any atom is -0.393 e. The van der Waals surface area contributed by atoms with Crippen molar-refractivity contribution in [3.63, 3.8) is 0 Å². The van der Waals surface area contributed by atoms with Gasteiger partial charge in [-0.25, -0.2) is 0 Å². The van der Waals surface area contributed by atoms with Crippen molar-refractivity contribution in [2.24, 2.45) is 0 Å². The van der Waals surface area contributed by atoms with Gasteiger partial charge in [0.2, 0.25) is 0 Å². The van der Waals surface area contributed by atoms with E-state index in [0.717, 1.165) is 0 Å². The largest absolute Gasteiger partial charge is 0.393 e. The number of aliphatic hydroxyl groups is 1. The molecule has 0 saturated carbocycles. The molecule has 0 spiro atoms. The lowest BCUT2D eigenvalue weighted by molar-refractivity contribution is 0.195. The molecule has 58 valence electrons. The highest BCUT2D eigenvalue weighted by atomic mass is 16.3. The minimum absolute atomic E-state index is 0.103. The Morgan fingerprint density at radius 3 is 2.18 bits per heavy atom. The second-order valence-electron chi connectivity index (χ2n) is 2.43. The lowest BCUT2D eigenvalue weighted by atomic mass is 10.1. The molecule has 0 heterocycles. The Labute approximate surface area is 66.2 Å². The Kier molecular flexibility index (Phi) is 3.95. The Balaban J connectivity index is 4.43. The van der Waals surface area contributed by atoms with Crippen molar-refractivity contribution in [1.29, 1.82) is 10.5 Å². The normalized spacial score (nSPS) is 11.0. The van der Waals surface area contributed by atoms with Gasteiger partial charge >= 0.3 is 0 Å². The van der Waals surface area contributed by atoms with Gasteiger partial charge in [-0.05, 0) is 25.8 Å². The summed E-state index contributed by atoms with van der Waals surface area (Å²) in [6.07, 6.45) is -0.108. The summed E-state index contributed by atoms with van der Waals surface area (Å²) >= 11 is 0. The molecule has 0 aliphatic heterocycles. The Morgan fingerprint density at radius 1 is 1.45 bits per heavy atom. The van der Waals surface area contributed by atoms with E-state index in [2.05, 4.69) is 0 Å². The Bertz CT molecular complexity index is 224.